The molecule has 0 spiro atoms. The van der Waals surface area contributed by atoms with Gasteiger partial charge in [0, 0.05) is 19.2 Å². The topological polar surface area (TPSA) is 64.6 Å². The number of hydrogen-bond donors (Lipinski definition) is 1. The number of halogens is 1. The summed E-state index contributed by atoms with van der Waals surface area (Å²) in [5.41, 5.74) is -0.0248. The smallest absolute Gasteiger partial charge is 0.292 e. The van der Waals surface area contributed by atoms with Gasteiger partial charge in [0.25, 0.3) is 5.91 Å². The quantitative estimate of drug-likeness (QED) is 0.463. The Morgan fingerprint density at radius 2 is 2.06 bits per heavy atom. The largest absolute Gasteiger partial charge is 0.494 e. The molecule has 98 valence electrons. The maximum absolute atomic E-state index is 13.4. The molecule has 18 heavy (non-hydrogen) atoms. The number of methoxy groups -OCH3 is 2. The molecule has 0 unspecified atom stereocenters. The molecule has 0 heterocycles. The minimum Gasteiger partial charge on any atom is -0.494 e. The summed E-state index contributed by atoms with van der Waals surface area (Å²) in [7, 11) is 2.80. The van der Waals surface area contributed by atoms with Crippen LogP contribution in [0.25, 0.3) is 0 Å². The fourth-order valence-electron chi connectivity index (χ4n) is 1.29. The van der Waals surface area contributed by atoms with Gasteiger partial charge in [0.05, 0.1) is 13.7 Å². The molecule has 0 bridgehead atoms. The second-order valence-electron chi connectivity index (χ2n) is 3.43. The van der Waals surface area contributed by atoms with E-state index in [1.54, 1.807) is 0 Å². The van der Waals surface area contributed by atoms with Gasteiger partial charge in [-0.3, -0.25) is 9.59 Å². The van der Waals surface area contributed by atoms with Crippen molar-refractivity contribution < 1.29 is 23.5 Å². The van der Waals surface area contributed by atoms with Crippen LogP contribution in [0.5, 0.6) is 5.75 Å². The van der Waals surface area contributed by atoms with E-state index in [1.807, 2.05) is 0 Å². The molecule has 0 fully saturated rings. The van der Waals surface area contributed by atoms with E-state index in [0.717, 1.165) is 6.07 Å². The average Bonchev–Trinajstić information content (AvgIpc) is 2.38. The normalized spacial score (nSPS) is 9.94. The van der Waals surface area contributed by atoms with Crippen LogP contribution in [0.2, 0.25) is 0 Å². The molecule has 0 saturated carbocycles. The maximum atomic E-state index is 13.4. The first-order valence-corrected chi connectivity index (χ1v) is 5.25. The van der Waals surface area contributed by atoms with E-state index in [9.17, 15) is 14.0 Å². The van der Waals surface area contributed by atoms with Crippen LogP contribution in [-0.4, -0.2) is 39.1 Å². The number of rotatable bonds is 6. The van der Waals surface area contributed by atoms with Crippen LogP contribution in [0, 0.1) is 5.82 Å². The lowest BCUT2D eigenvalue weighted by molar-refractivity contribution is -0.117. The van der Waals surface area contributed by atoms with Crippen LogP contribution >= 0.6 is 0 Å². The summed E-state index contributed by atoms with van der Waals surface area (Å²) in [5.74, 6) is -2.26. The molecule has 0 aliphatic carbocycles. The summed E-state index contributed by atoms with van der Waals surface area (Å²) in [6.45, 7) is 0.524. The highest BCUT2D eigenvalue weighted by Gasteiger charge is 2.17. The predicted octanol–water partition coefficient (Wildman–Crippen LogP) is 0.780. The van der Waals surface area contributed by atoms with E-state index in [-0.39, 0.29) is 17.9 Å². The van der Waals surface area contributed by atoms with Crippen molar-refractivity contribution in [3.8, 4) is 5.75 Å². The van der Waals surface area contributed by atoms with Crippen molar-refractivity contribution in [3.05, 3.63) is 29.6 Å². The van der Waals surface area contributed by atoms with Gasteiger partial charge in [-0.05, 0) is 18.2 Å². The lowest BCUT2D eigenvalue weighted by Crippen LogP contribution is -2.33. The van der Waals surface area contributed by atoms with Crippen molar-refractivity contribution in [3.63, 3.8) is 0 Å². The second kappa shape index (κ2) is 6.70. The van der Waals surface area contributed by atoms with Crippen LogP contribution in [0.3, 0.4) is 0 Å². The van der Waals surface area contributed by atoms with E-state index in [0.29, 0.717) is 6.61 Å². The third-order valence-electron chi connectivity index (χ3n) is 2.21. The van der Waals surface area contributed by atoms with Crippen LogP contribution in [0.15, 0.2) is 18.2 Å². The molecule has 1 rings (SSSR count). The number of carbonyl (C=O) groups is 2. The molecule has 0 aromatic heterocycles. The van der Waals surface area contributed by atoms with Crippen molar-refractivity contribution in [1.29, 1.82) is 0 Å². The van der Waals surface area contributed by atoms with Crippen LogP contribution in [0.1, 0.15) is 10.4 Å². The van der Waals surface area contributed by atoms with E-state index >= 15 is 0 Å². The monoisotopic (exact) mass is 255 g/mol. The van der Waals surface area contributed by atoms with Gasteiger partial charge in [-0.1, -0.05) is 0 Å². The van der Waals surface area contributed by atoms with Crippen molar-refractivity contribution in [2.75, 3.05) is 27.4 Å². The molecule has 0 atom stereocenters. The summed E-state index contributed by atoms with van der Waals surface area (Å²) < 4.78 is 22.8. The number of nitrogens with one attached hydrogen (secondary N) is 1. The number of hydrogen-bond acceptors (Lipinski definition) is 4. The van der Waals surface area contributed by atoms with Gasteiger partial charge in [-0.15, -0.1) is 0 Å². The zero-order chi connectivity index (χ0) is 13.5. The summed E-state index contributed by atoms with van der Waals surface area (Å²) >= 11 is 0. The van der Waals surface area contributed by atoms with Crippen molar-refractivity contribution in [1.82, 2.24) is 5.32 Å². The zero-order valence-corrected chi connectivity index (χ0v) is 10.2. The molecule has 1 amide bonds. The summed E-state index contributed by atoms with van der Waals surface area (Å²) in [5, 5.41) is 2.36. The Balaban J connectivity index is 2.72. The molecular weight excluding hydrogens is 241 g/mol. The van der Waals surface area contributed by atoms with E-state index in [4.69, 9.17) is 9.47 Å². The second-order valence-corrected chi connectivity index (χ2v) is 3.43. The van der Waals surface area contributed by atoms with Crippen LogP contribution in [-0.2, 0) is 9.53 Å². The Morgan fingerprint density at radius 3 is 2.61 bits per heavy atom. The standard InChI is InChI=1S/C12H14FNO4/c1-17-6-5-14-12(16)11(15)8-3-4-10(18-2)9(13)7-8/h3-4,7H,5-6H2,1-2H3,(H,14,16). The van der Waals surface area contributed by atoms with Gasteiger partial charge in [0.1, 0.15) is 0 Å². The van der Waals surface area contributed by atoms with E-state index < -0.39 is 17.5 Å². The SMILES string of the molecule is COCCNC(=O)C(=O)c1ccc(OC)c(F)c1. The first kappa shape index (κ1) is 14.1. The Bertz CT molecular complexity index is 448. The molecule has 0 aliphatic heterocycles. The Kier molecular flexibility index (Phi) is 5.26. The van der Waals surface area contributed by atoms with Gasteiger partial charge in [0.2, 0.25) is 5.78 Å². The number of ketones is 1. The Morgan fingerprint density at radius 1 is 1.33 bits per heavy atom. The average molecular weight is 255 g/mol. The molecule has 1 aromatic rings. The third kappa shape index (κ3) is 3.53. The zero-order valence-electron chi connectivity index (χ0n) is 10.2. The lowest BCUT2D eigenvalue weighted by atomic mass is 10.1. The fraction of sp³-hybridized carbons (Fsp3) is 0.333. The highest BCUT2D eigenvalue weighted by atomic mass is 19.1. The molecule has 1 aromatic carbocycles. The van der Waals surface area contributed by atoms with Gasteiger partial charge >= 0.3 is 0 Å². The summed E-state index contributed by atoms with van der Waals surface area (Å²) in [4.78, 5) is 23.0. The number of Topliss-reactive ketones (excluding diaryl/α,β-unsaturated/α-hetero) is 1. The number of carbonyl (C=O) groups excluding carboxylic acids is 2. The Labute approximate surface area is 104 Å². The number of ether oxygens (including phenoxy) is 2. The Hall–Kier alpha value is -1.95. The van der Waals surface area contributed by atoms with Crippen LogP contribution in [0.4, 0.5) is 4.39 Å². The van der Waals surface area contributed by atoms with E-state index in [2.05, 4.69) is 5.32 Å². The van der Waals surface area contributed by atoms with Crippen molar-refractivity contribution in [2.45, 2.75) is 0 Å². The summed E-state index contributed by atoms with van der Waals surface area (Å²) in [6, 6.07) is 3.60. The molecule has 0 radical (unpaired) electrons. The molecule has 6 heteroatoms. The lowest BCUT2D eigenvalue weighted by Gasteiger charge is -2.05. The van der Waals surface area contributed by atoms with Gasteiger partial charge in [-0.25, -0.2) is 4.39 Å². The minimum absolute atomic E-state index is 0.0198. The predicted molar refractivity (Wildman–Crippen MR) is 62.2 cm³/mol. The van der Waals surface area contributed by atoms with Gasteiger partial charge in [0.15, 0.2) is 11.6 Å². The van der Waals surface area contributed by atoms with Crippen molar-refractivity contribution in [2.24, 2.45) is 0 Å². The minimum atomic E-state index is -0.798. The fourth-order valence-corrected chi connectivity index (χ4v) is 1.29. The highest BCUT2D eigenvalue weighted by Crippen LogP contribution is 2.17. The first-order valence-electron chi connectivity index (χ1n) is 5.25. The number of amides is 1. The molecule has 5 nitrogen and oxygen atoms in total. The van der Waals surface area contributed by atoms with Crippen LogP contribution < -0.4 is 10.1 Å². The molecule has 0 saturated heterocycles. The third-order valence-corrected chi connectivity index (χ3v) is 2.21. The molecule has 0 aliphatic rings. The number of benzene rings is 1. The highest BCUT2D eigenvalue weighted by molar-refractivity contribution is 6.42. The van der Waals surface area contributed by atoms with Gasteiger partial charge < -0.3 is 14.8 Å². The van der Waals surface area contributed by atoms with Gasteiger partial charge in [-0.2, -0.15) is 0 Å². The summed E-state index contributed by atoms with van der Waals surface area (Å²) in [6.07, 6.45) is 0. The molecule has 1 N–H and O–H groups in total. The maximum Gasteiger partial charge on any atom is 0.292 e. The van der Waals surface area contributed by atoms with E-state index in [1.165, 1.54) is 26.4 Å². The molecular formula is C12H14FNO4. The van der Waals surface area contributed by atoms with Crippen molar-refractivity contribution >= 4 is 11.7 Å². The first-order chi connectivity index (χ1) is 8.60.